The van der Waals surface area contributed by atoms with Gasteiger partial charge in [-0.15, -0.1) is 0 Å². The van der Waals surface area contributed by atoms with E-state index < -0.39 is 5.97 Å². The summed E-state index contributed by atoms with van der Waals surface area (Å²) in [7, 11) is 0. The smallest absolute Gasteiger partial charge is 0.307 e. The normalized spacial score (nSPS) is 12.5. The number of nitrogens with two attached hydrogens (primary N) is 1. The molecule has 3 N–H and O–H groups in total. The zero-order chi connectivity index (χ0) is 9.84. The van der Waals surface area contributed by atoms with Crippen molar-refractivity contribution in [1.29, 1.82) is 0 Å². The minimum atomic E-state index is -0.858. The molecule has 1 atom stereocenters. The molecule has 4 heteroatoms. The number of pyridine rings is 1. The third-order valence-electron chi connectivity index (χ3n) is 1.70. The molecule has 1 rings (SSSR count). The summed E-state index contributed by atoms with van der Waals surface area (Å²) < 4.78 is 0. The number of carboxylic acids is 1. The third kappa shape index (κ3) is 2.83. The lowest BCUT2D eigenvalue weighted by atomic mass is 10.1. The molecule has 0 bridgehead atoms. The highest BCUT2D eigenvalue weighted by Crippen LogP contribution is 2.10. The molecule has 0 fully saturated rings. The Balaban J connectivity index is 2.85. The Kier molecular flexibility index (Phi) is 2.97. The van der Waals surface area contributed by atoms with Gasteiger partial charge in [0.05, 0.1) is 6.42 Å². The molecule has 0 amide bonds. The third-order valence-corrected chi connectivity index (χ3v) is 1.70. The fraction of sp³-hybridized carbons (Fsp3) is 0.333. The fourth-order valence-electron chi connectivity index (χ4n) is 1.03. The largest absolute Gasteiger partial charge is 0.481 e. The highest BCUT2D eigenvalue weighted by molar-refractivity contribution is 5.70. The maximum absolute atomic E-state index is 10.4. The number of rotatable bonds is 3. The Labute approximate surface area is 76.4 Å². The first-order valence-corrected chi connectivity index (χ1v) is 4.01. The molecule has 1 heterocycles. The number of hydrogen-bond donors (Lipinski definition) is 2. The van der Waals surface area contributed by atoms with Gasteiger partial charge in [0, 0.05) is 18.4 Å². The first kappa shape index (κ1) is 9.67. The first-order valence-electron chi connectivity index (χ1n) is 4.01. The maximum atomic E-state index is 10.4. The van der Waals surface area contributed by atoms with Crippen molar-refractivity contribution in [2.24, 2.45) is 5.73 Å². The van der Waals surface area contributed by atoms with Crippen molar-refractivity contribution >= 4 is 5.97 Å². The second-order valence-electron chi connectivity index (χ2n) is 2.99. The van der Waals surface area contributed by atoms with E-state index in [1.54, 1.807) is 18.5 Å². The van der Waals surface area contributed by atoms with E-state index in [9.17, 15) is 4.79 Å². The molecule has 0 radical (unpaired) electrons. The van der Waals surface area contributed by atoms with Crippen molar-refractivity contribution in [1.82, 2.24) is 4.98 Å². The van der Waals surface area contributed by atoms with Crippen LogP contribution in [0.5, 0.6) is 0 Å². The van der Waals surface area contributed by atoms with E-state index in [-0.39, 0.29) is 12.5 Å². The molecular formula is C9H12N2O2. The van der Waals surface area contributed by atoms with E-state index in [4.69, 9.17) is 10.8 Å². The molecule has 70 valence electrons. The minimum absolute atomic E-state index is 0.00639. The van der Waals surface area contributed by atoms with Crippen LogP contribution in [-0.2, 0) is 11.2 Å². The second kappa shape index (κ2) is 4.00. The summed E-state index contributed by atoms with van der Waals surface area (Å²) in [6, 6.07) is 1.66. The predicted octanol–water partition coefficient (Wildman–Crippen LogP) is 0.728. The van der Waals surface area contributed by atoms with Gasteiger partial charge in [-0.2, -0.15) is 0 Å². The van der Waals surface area contributed by atoms with Gasteiger partial charge >= 0.3 is 5.97 Å². The zero-order valence-corrected chi connectivity index (χ0v) is 7.40. The summed E-state index contributed by atoms with van der Waals surface area (Å²) in [5.74, 6) is -0.858. The summed E-state index contributed by atoms with van der Waals surface area (Å²) in [6.45, 7) is 1.83. The van der Waals surface area contributed by atoms with E-state index in [1.807, 2.05) is 6.92 Å². The number of aromatic nitrogens is 1. The number of nitrogens with zero attached hydrogens (tertiary/aromatic N) is 1. The Morgan fingerprint density at radius 1 is 1.69 bits per heavy atom. The highest BCUT2D eigenvalue weighted by atomic mass is 16.4. The monoisotopic (exact) mass is 180 g/mol. The van der Waals surface area contributed by atoms with Crippen LogP contribution in [0.2, 0.25) is 0 Å². The standard InChI is InChI=1S/C9H12N2O2/c1-6(10)8-2-7(3-9(12)13)4-11-5-8/h2,4-6H,3,10H2,1H3,(H,12,13)/t6-/m1/s1. The lowest BCUT2D eigenvalue weighted by Gasteiger charge is -2.05. The molecule has 0 aliphatic rings. The second-order valence-corrected chi connectivity index (χ2v) is 2.99. The Morgan fingerprint density at radius 2 is 2.38 bits per heavy atom. The van der Waals surface area contributed by atoms with Crippen LogP contribution in [0.3, 0.4) is 0 Å². The Bertz CT molecular complexity index is 310. The van der Waals surface area contributed by atoms with E-state index in [0.717, 1.165) is 5.56 Å². The molecule has 0 saturated carbocycles. The SMILES string of the molecule is C[C@@H](N)c1cncc(CC(=O)O)c1. The number of carboxylic acid groups (broad SMARTS) is 1. The molecule has 13 heavy (non-hydrogen) atoms. The molecular weight excluding hydrogens is 168 g/mol. The van der Waals surface area contributed by atoms with Gasteiger partial charge in [0.2, 0.25) is 0 Å². The molecule has 1 aromatic rings. The Hall–Kier alpha value is -1.42. The molecule has 0 aromatic carbocycles. The van der Waals surface area contributed by atoms with Crippen LogP contribution >= 0.6 is 0 Å². The lowest BCUT2D eigenvalue weighted by molar-refractivity contribution is -0.136. The van der Waals surface area contributed by atoms with Crippen LogP contribution in [0.25, 0.3) is 0 Å². The van der Waals surface area contributed by atoms with Gasteiger partial charge in [-0.3, -0.25) is 9.78 Å². The molecule has 1 aromatic heterocycles. The quantitative estimate of drug-likeness (QED) is 0.718. The van der Waals surface area contributed by atoms with Crippen LogP contribution < -0.4 is 5.73 Å². The van der Waals surface area contributed by atoms with Crippen LogP contribution in [0, 0.1) is 0 Å². The first-order chi connectivity index (χ1) is 6.09. The van der Waals surface area contributed by atoms with E-state index in [1.165, 1.54) is 0 Å². The summed E-state index contributed by atoms with van der Waals surface area (Å²) in [5.41, 5.74) is 7.17. The number of carbonyl (C=O) groups is 1. The van der Waals surface area contributed by atoms with Gasteiger partial charge < -0.3 is 10.8 Å². The van der Waals surface area contributed by atoms with Crippen molar-refractivity contribution < 1.29 is 9.90 Å². The highest BCUT2D eigenvalue weighted by Gasteiger charge is 2.04. The van der Waals surface area contributed by atoms with Gasteiger partial charge in [-0.05, 0) is 18.1 Å². The number of hydrogen-bond acceptors (Lipinski definition) is 3. The van der Waals surface area contributed by atoms with Crippen LogP contribution in [0.1, 0.15) is 24.1 Å². The fourth-order valence-corrected chi connectivity index (χ4v) is 1.03. The predicted molar refractivity (Wildman–Crippen MR) is 48.2 cm³/mol. The van der Waals surface area contributed by atoms with Crippen LogP contribution in [-0.4, -0.2) is 16.1 Å². The topological polar surface area (TPSA) is 76.2 Å². The summed E-state index contributed by atoms with van der Waals surface area (Å²) in [6.07, 6.45) is 3.18. The lowest BCUT2D eigenvalue weighted by Crippen LogP contribution is -2.07. The molecule has 4 nitrogen and oxygen atoms in total. The molecule has 0 aliphatic carbocycles. The van der Waals surface area contributed by atoms with Crippen LogP contribution in [0.15, 0.2) is 18.5 Å². The van der Waals surface area contributed by atoms with Gasteiger partial charge in [0.15, 0.2) is 0 Å². The minimum Gasteiger partial charge on any atom is -0.481 e. The average Bonchev–Trinajstić information content (AvgIpc) is 2.03. The van der Waals surface area contributed by atoms with Crippen molar-refractivity contribution in [3.05, 3.63) is 29.6 Å². The Morgan fingerprint density at radius 3 is 2.92 bits per heavy atom. The van der Waals surface area contributed by atoms with Crippen LogP contribution in [0.4, 0.5) is 0 Å². The van der Waals surface area contributed by atoms with E-state index in [0.29, 0.717) is 5.56 Å². The van der Waals surface area contributed by atoms with E-state index in [2.05, 4.69) is 4.98 Å². The van der Waals surface area contributed by atoms with Crippen molar-refractivity contribution in [2.75, 3.05) is 0 Å². The molecule has 0 aliphatic heterocycles. The van der Waals surface area contributed by atoms with Gasteiger partial charge in [-0.1, -0.05) is 6.07 Å². The van der Waals surface area contributed by atoms with E-state index >= 15 is 0 Å². The zero-order valence-electron chi connectivity index (χ0n) is 7.40. The molecule has 0 saturated heterocycles. The van der Waals surface area contributed by atoms with Crippen molar-refractivity contribution in [3.8, 4) is 0 Å². The summed E-state index contributed by atoms with van der Waals surface area (Å²) in [5, 5.41) is 8.54. The van der Waals surface area contributed by atoms with Gasteiger partial charge in [0.25, 0.3) is 0 Å². The van der Waals surface area contributed by atoms with Gasteiger partial charge in [0.1, 0.15) is 0 Å². The maximum Gasteiger partial charge on any atom is 0.307 e. The molecule has 0 spiro atoms. The van der Waals surface area contributed by atoms with Gasteiger partial charge in [-0.25, -0.2) is 0 Å². The summed E-state index contributed by atoms with van der Waals surface area (Å²) in [4.78, 5) is 14.3. The molecule has 0 unspecified atom stereocenters. The van der Waals surface area contributed by atoms with Crippen molar-refractivity contribution in [3.63, 3.8) is 0 Å². The van der Waals surface area contributed by atoms with Crippen molar-refractivity contribution in [2.45, 2.75) is 19.4 Å². The number of aliphatic carboxylic acids is 1. The average molecular weight is 180 g/mol. The summed E-state index contributed by atoms with van der Waals surface area (Å²) >= 11 is 0.